The molecule has 1 aromatic rings. The smallest absolute Gasteiger partial charge is 0.409 e. The lowest BCUT2D eigenvalue weighted by Crippen LogP contribution is -2.41. The first-order valence-corrected chi connectivity index (χ1v) is 10.3. The van der Waals surface area contributed by atoms with Gasteiger partial charge in [-0.15, -0.1) is 0 Å². The number of nitrogens with one attached hydrogen (secondary N) is 1. The maximum absolute atomic E-state index is 11.8. The van der Waals surface area contributed by atoms with E-state index in [4.69, 9.17) is 13.7 Å². The van der Waals surface area contributed by atoms with Crippen LogP contribution in [0.3, 0.4) is 0 Å². The Labute approximate surface area is 160 Å². The molecule has 0 fully saturated rings. The standard InChI is InChI=1S/C18H27NO7S/c1-18(2,3)25-17(21)19-15(26-27(4,22)23)11-8-12-16(20)24-13-14-9-6-5-7-10-14/h5-7,9-10,15H,8,11-13H2,1-4H3,(H,19,21). The van der Waals surface area contributed by atoms with Crippen LogP contribution < -0.4 is 5.32 Å². The van der Waals surface area contributed by atoms with Gasteiger partial charge in [0.2, 0.25) is 0 Å². The fourth-order valence-electron chi connectivity index (χ4n) is 2.04. The van der Waals surface area contributed by atoms with Gasteiger partial charge in [-0.25, -0.2) is 8.98 Å². The summed E-state index contributed by atoms with van der Waals surface area (Å²) < 4.78 is 37.8. The molecule has 27 heavy (non-hydrogen) atoms. The summed E-state index contributed by atoms with van der Waals surface area (Å²) in [5, 5.41) is 2.35. The maximum Gasteiger partial charge on any atom is 0.409 e. The third-order valence-electron chi connectivity index (χ3n) is 3.06. The van der Waals surface area contributed by atoms with Crippen molar-refractivity contribution < 1.29 is 31.7 Å². The number of rotatable bonds is 9. The van der Waals surface area contributed by atoms with Crippen molar-refractivity contribution in [3.63, 3.8) is 0 Å². The van der Waals surface area contributed by atoms with E-state index in [1.807, 2.05) is 30.3 Å². The highest BCUT2D eigenvalue weighted by molar-refractivity contribution is 7.86. The Bertz CT molecular complexity index is 711. The van der Waals surface area contributed by atoms with E-state index in [9.17, 15) is 18.0 Å². The molecule has 0 saturated heterocycles. The van der Waals surface area contributed by atoms with Gasteiger partial charge in [-0.1, -0.05) is 30.3 Å². The normalized spacial score (nSPS) is 12.9. The monoisotopic (exact) mass is 401 g/mol. The second-order valence-electron chi connectivity index (χ2n) is 6.97. The first-order valence-electron chi connectivity index (χ1n) is 8.52. The molecule has 0 heterocycles. The van der Waals surface area contributed by atoms with Gasteiger partial charge in [-0.2, -0.15) is 8.42 Å². The molecule has 0 saturated carbocycles. The molecule has 0 radical (unpaired) electrons. The van der Waals surface area contributed by atoms with Gasteiger partial charge in [0.1, 0.15) is 12.2 Å². The van der Waals surface area contributed by atoms with E-state index in [0.29, 0.717) is 0 Å². The maximum atomic E-state index is 11.8. The highest BCUT2D eigenvalue weighted by Crippen LogP contribution is 2.11. The van der Waals surface area contributed by atoms with E-state index in [1.54, 1.807) is 20.8 Å². The molecule has 8 nitrogen and oxygen atoms in total. The number of alkyl carbamates (subject to hydrolysis) is 1. The third kappa shape index (κ3) is 12.0. The number of benzene rings is 1. The zero-order valence-electron chi connectivity index (χ0n) is 16.1. The van der Waals surface area contributed by atoms with Gasteiger partial charge in [0.15, 0.2) is 6.23 Å². The van der Waals surface area contributed by atoms with Crippen LogP contribution in [0.15, 0.2) is 30.3 Å². The summed E-state index contributed by atoms with van der Waals surface area (Å²) in [6.07, 6.45) is -0.618. The molecular weight excluding hydrogens is 374 g/mol. The topological polar surface area (TPSA) is 108 Å². The Hall–Kier alpha value is -2.13. The summed E-state index contributed by atoms with van der Waals surface area (Å²) in [4.78, 5) is 23.6. The second kappa shape index (κ2) is 10.3. The number of ether oxygens (including phenoxy) is 2. The van der Waals surface area contributed by atoms with Crippen LogP contribution in [0.2, 0.25) is 0 Å². The number of esters is 1. The average molecular weight is 401 g/mol. The Morgan fingerprint density at radius 1 is 1.15 bits per heavy atom. The second-order valence-corrected chi connectivity index (χ2v) is 8.57. The lowest BCUT2D eigenvalue weighted by molar-refractivity contribution is -0.145. The van der Waals surface area contributed by atoms with Gasteiger partial charge in [-0.3, -0.25) is 10.1 Å². The Morgan fingerprint density at radius 3 is 2.33 bits per heavy atom. The largest absolute Gasteiger partial charge is 0.461 e. The minimum Gasteiger partial charge on any atom is -0.461 e. The lowest BCUT2D eigenvalue weighted by atomic mass is 10.2. The van der Waals surface area contributed by atoms with Gasteiger partial charge in [-0.05, 0) is 39.2 Å². The van der Waals surface area contributed by atoms with E-state index in [-0.39, 0.29) is 25.9 Å². The Morgan fingerprint density at radius 2 is 1.78 bits per heavy atom. The molecule has 0 bridgehead atoms. The number of hydrogen-bond donors (Lipinski definition) is 1. The van der Waals surface area contributed by atoms with Gasteiger partial charge in [0.05, 0.1) is 6.26 Å². The van der Waals surface area contributed by atoms with Gasteiger partial charge in [0.25, 0.3) is 10.1 Å². The molecule has 9 heteroatoms. The van der Waals surface area contributed by atoms with Crippen LogP contribution in [0.1, 0.15) is 45.6 Å². The Balaban J connectivity index is 2.45. The number of amides is 1. The molecular formula is C18H27NO7S. The van der Waals surface area contributed by atoms with Gasteiger partial charge >= 0.3 is 12.1 Å². The summed E-state index contributed by atoms with van der Waals surface area (Å²) in [5.74, 6) is -0.422. The van der Waals surface area contributed by atoms with Crippen molar-refractivity contribution in [2.75, 3.05) is 6.26 Å². The third-order valence-corrected chi connectivity index (χ3v) is 3.64. The SMILES string of the molecule is CC(C)(C)OC(=O)NC(CCCC(=O)OCc1ccccc1)OS(C)(=O)=O. The zero-order chi connectivity index (χ0) is 20.5. The summed E-state index contributed by atoms with van der Waals surface area (Å²) in [5.41, 5.74) is 0.136. The summed E-state index contributed by atoms with van der Waals surface area (Å²) >= 11 is 0. The predicted molar refractivity (Wildman–Crippen MR) is 99.2 cm³/mol. The van der Waals surface area contributed by atoms with Crippen LogP contribution in [-0.2, 0) is 35.2 Å². The van der Waals surface area contributed by atoms with Crippen molar-refractivity contribution in [1.29, 1.82) is 0 Å². The van der Waals surface area contributed by atoms with E-state index >= 15 is 0 Å². The molecule has 0 aliphatic heterocycles. The molecule has 0 aliphatic rings. The van der Waals surface area contributed by atoms with Gasteiger partial charge in [0, 0.05) is 6.42 Å². The first-order chi connectivity index (χ1) is 12.4. The zero-order valence-corrected chi connectivity index (χ0v) is 16.9. The average Bonchev–Trinajstić information content (AvgIpc) is 2.50. The van der Waals surface area contributed by atoms with E-state index in [0.717, 1.165) is 11.8 Å². The molecule has 0 aromatic heterocycles. The molecule has 0 spiro atoms. The van der Waals surface area contributed by atoms with E-state index < -0.39 is 34.0 Å². The summed E-state index contributed by atoms with van der Waals surface area (Å²) in [6, 6.07) is 9.24. The molecule has 1 atom stereocenters. The first kappa shape index (κ1) is 22.9. The van der Waals surface area contributed by atoms with Crippen LogP contribution in [0.25, 0.3) is 0 Å². The minimum atomic E-state index is -3.80. The van der Waals surface area contributed by atoms with Crippen molar-refractivity contribution in [3.8, 4) is 0 Å². The molecule has 1 amide bonds. The van der Waals surface area contributed by atoms with E-state index in [2.05, 4.69) is 5.32 Å². The van der Waals surface area contributed by atoms with Crippen molar-refractivity contribution in [1.82, 2.24) is 5.32 Å². The summed E-state index contributed by atoms with van der Waals surface area (Å²) in [6.45, 7) is 5.21. The molecule has 1 aromatic carbocycles. The molecule has 0 aliphatic carbocycles. The molecule has 1 N–H and O–H groups in total. The molecule has 1 rings (SSSR count). The van der Waals surface area contributed by atoms with Crippen LogP contribution in [-0.4, -0.2) is 38.6 Å². The van der Waals surface area contributed by atoms with Crippen molar-refractivity contribution in [2.45, 2.75) is 58.5 Å². The van der Waals surface area contributed by atoms with Crippen molar-refractivity contribution in [3.05, 3.63) is 35.9 Å². The Kier molecular flexibility index (Phi) is 8.71. The predicted octanol–water partition coefficient (Wildman–Crippen LogP) is 2.73. The molecule has 152 valence electrons. The number of carbonyl (C=O) groups excluding carboxylic acids is 2. The van der Waals surface area contributed by atoms with Crippen LogP contribution in [0, 0.1) is 0 Å². The van der Waals surface area contributed by atoms with E-state index in [1.165, 1.54) is 0 Å². The quantitative estimate of drug-likeness (QED) is 0.385. The minimum absolute atomic E-state index is 0.0620. The highest BCUT2D eigenvalue weighted by atomic mass is 32.2. The van der Waals surface area contributed by atoms with Crippen LogP contribution >= 0.6 is 0 Å². The molecule has 1 unspecified atom stereocenters. The fraction of sp³-hybridized carbons (Fsp3) is 0.556. The number of carbonyl (C=O) groups is 2. The highest BCUT2D eigenvalue weighted by Gasteiger charge is 2.22. The van der Waals surface area contributed by atoms with Crippen molar-refractivity contribution >= 4 is 22.2 Å². The van der Waals surface area contributed by atoms with Crippen LogP contribution in [0.4, 0.5) is 4.79 Å². The van der Waals surface area contributed by atoms with Crippen molar-refractivity contribution in [2.24, 2.45) is 0 Å². The summed E-state index contributed by atoms with van der Waals surface area (Å²) in [7, 11) is -3.80. The van der Waals surface area contributed by atoms with Crippen LogP contribution in [0.5, 0.6) is 0 Å². The van der Waals surface area contributed by atoms with Gasteiger partial charge < -0.3 is 9.47 Å². The lowest BCUT2D eigenvalue weighted by Gasteiger charge is -2.23. The number of hydrogen-bond acceptors (Lipinski definition) is 7. The fourth-order valence-corrected chi connectivity index (χ4v) is 2.60.